The number of ether oxygens (including phenoxy) is 1. The Morgan fingerprint density at radius 2 is 1.76 bits per heavy atom. The predicted octanol–water partition coefficient (Wildman–Crippen LogP) is 4.78. The lowest BCUT2D eigenvalue weighted by Crippen LogP contribution is -2.31. The Balaban J connectivity index is 1.71. The molecule has 0 spiro atoms. The normalized spacial score (nSPS) is 17.3. The van der Waals surface area contributed by atoms with E-state index in [0.29, 0.717) is 12.0 Å². The van der Waals surface area contributed by atoms with Crippen LogP contribution in [-0.4, -0.2) is 12.6 Å². The third-order valence-corrected chi connectivity index (χ3v) is 4.62. The van der Waals surface area contributed by atoms with Gasteiger partial charge in [0.2, 0.25) is 0 Å². The van der Waals surface area contributed by atoms with E-state index in [1.807, 2.05) is 0 Å². The quantitative estimate of drug-likeness (QED) is 0.743. The van der Waals surface area contributed by atoms with Crippen molar-refractivity contribution in [2.75, 3.05) is 6.61 Å². The van der Waals surface area contributed by atoms with Gasteiger partial charge in [-0.3, -0.25) is 0 Å². The molecule has 1 aromatic carbocycles. The molecule has 0 amide bonds. The second-order valence-corrected chi connectivity index (χ2v) is 6.89. The molecule has 1 aliphatic rings. The van der Waals surface area contributed by atoms with Gasteiger partial charge in [-0.05, 0) is 55.7 Å². The predicted molar refractivity (Wildman–Crippen MR) is 89.7 cm³/mol. The maximum atomic E-state index is 5.76. The maximum absolute atomic E-state index is 5.76. The zero-order valence-electron chi connectivity index (χ0n) is 13.9. The highest BCUT2D eigenvalue weighted by molar-refractivity contribution is 5.27. The molecule has 2 heteroatoms. The largest absolute Gasteiger partial charge is 0.494 e. The Morgan fingerprint density at radius 1 is 1.10 bits per heavy atom. The van der Waals surface area contributed by atoms with Crippen LogP contribution in [0.2, 0.25) is 0 Å². The summed E-state index contributed by atoms with van der Waals surface area (Å²) < 4.78 is 5.76. The van der Waals surface area contributed by atoms with E-state index in [1.165, 1.54) is 31.2 Å². The molecule has 0 aliphatic heterocycles. The molecule has 2 nitrogen and oxygen atoms in total. The van der Waals surface area contributed by atoms with E-state index in [4.69, 9.17) is 4.74 Å². The molecular formula is C19H31NO. The molecule has 1 aromatic rings. The Labute approximate surface area is 130 Å². The first-order valence-electron chi connectivity index (χ1n) is 8.60. The number of benzene rings is 1. The molecule has 1 N–H and O–H groups in total. The highest BCUT2D eigenvalue weighted by Crippen LogP contribution is 2.27. The van der Waals surface area contributed by atoms with Crippen molar-refractivity contribution >= 4 is 0 Å². The Bertz CT molecular complexity index is 393. The molecule has 0 bridgehead atoms. The van der Waals surface area contributed by atoms with Crippen LogP contribution in [0.25, 0.3) is 0 Å². The average molecular weight is 289 g/mol. The van der Waals surface area contributed by atoms with Crippen LogP contribution in [0.15, 0.2) is 24.3 Å². The zero-order valence-corrected chi connectivity index (χ0v) is 13.9. The van der Waals surface area contributed by atoms with Gasteiger partial charge in [0.25, 0.3) is 0 Å². The Morgan fingerprint density at radius 3 is 2.38 bits per heavy atom. The summed E-state index contributed by atoms with van der Waals surface area (Å²) in [6, 6.07) is 9.18. The smallest absolute Gasteiger partial charge is 0.119 e. The van der Waals surface area contributed by atoms with Gasteiger partial charge in [0.15, 0.2) is 0 Å². The van der Waals surface area contributed by atoms with Gasteiger partial charge >= 0.3 is 0 Å². The molecule has 1 aliphatic carbocycles. The molecule has 1 fully saturated rings. The molecule has 21 heavy (non-hydrogen) atoms. The van der Waals surface area contributed by atoms with E-state index in [9.17, 15) is 0 Å². The molecule has 1 unspecified atom stereocenters. The lowest BCUT2D eigenvalue weighted by molar-refractivity contribution is 0.289. The summed E-state index contributed by atoms with van der Waals surface area (Å²) in [6.07, 6.45) is 6.74. The summed E-state index contributed by atoms with van der Waals surface area (Å²) in [5, 5.41) is 3.68. The van der Waals surface area contributed by atoms with E-state index in [2.05, 4.69) is 50.4 Å². The molecule has 0 radical (unpaired) electrons. The molecule has 0 aromatic heterocycles. The van der Waals surface area contributed by atoms with Crippen LogP contribution in [0.4, 0.5) is 0 Å². The fourth-order valence-corrected chi connectivity index (χ4v) is 3.02. The van der Waals surface area contributed by atoms with Gasteiger partial charge < -0.3 is 10.1 Å². The topological polar surface area (TPSA) is 21.3 Å². The minimum absolute atomic E-state index is 0.634. The molecule has 2 rings (SSSR count). The summed E-state index contributed by atoms with van der Waals surface area (Å²) in [5.74, 6) is 2.57. The van der Waals surface area contributed by atoms with Crippen LogP contribution in [0.1, 0.15) is 58.4 Å². The van der Waals surface area contributed by atoms with Crippen molar-refractivity contribution in [3.63, 3.8) is 0 Å². The van der Waals surface area contributed by atoms with Crippen molar-refractivity contribution in [3.05, 3.63) is 29.8 Å². The minimum Gasteiger partial charge on any atom is -0.494 e. The molecule has 1 saturated carbocycles. The monoisotopic (exact) mass is 289 g/mol. The molecule has 0 saturated heterocycles. The second-order valence-electron chi connectivity index (χ2n) is 6.89. The maximum Gasteiger partial charge on any atom is 0.119 e. The van der Waals surface area contributed by atoms with Crippen molar-refractivity contribution in [1.82, 2.24) is 5.32 Å². The Kier molecular flexibility index (Phi) is 6.56. The number of hydrogen-bond acceptors (Lipinski definition) is 2. The van der Waals surface area contributed by atoms with E-state index >= 15 is 0 Å². The summed E-state index contributed by atoms with van der Waals surface area (Å²) in [4.78, 5) is 0. The van der Waals surface area contributed by atoms with Crippen LogP contribution >= 0.6 is 0 Å². The number of hydrogen-bond donors (Lipinski definition) is 1. The van der Waals surface area contributed by atoms with E-state index in [0.717, 1.165) is 31.2 Å². The van der Waals surface area contributed by atoms with E-state index in [-0.39, 0.29) is 0 Å². The second kappa shape index (κ2) is 8.43. The number of nitrogens with one attached hydrogen (secondary N) is 1. The van der Waals surface area contributed by atoms with Crippen molar-refractivity contribution in [2.24, 2.45) is 11.8 Å². The first-order chi connectivity index (χ1) is 10.1. The first kappa shape index (κ1) is 16.4. The summed E-state index contributed by atoms with van der Waals surface area (Å²) >= 11 is 0. The van der Waals surface area contributed by atoms with Crippen molar-refractivity contribution in [3.8, 4) is 5.75 Å². The minimum atomic E-state index is 0.634. The van der Waals surface area contributed by atoms with Crippen LogP contribution in [0, 0.1) is 11.8 Å². The van der Waals surface area contributed by atoms with Crippen LogP contribution in [-0.2, 0) is 6.54 Å². The summed E-state index contributed by atoms with van der Waals surface area (Å²) in [6.45, 7) is 8.56. The van der Waals surface area contributed by atoms with Gasteiger partial charge in [-0.1, -0.05) is 38.8 Å². The fourth-order valence-electron chi connectivity index (χ4n) is 3.02. The highest BCUT2D eigenvalue weighted by atomic mass is 16.5. The van der Waals surface area contributed by atoms with Crippen molar-refractivity contribution < 1.29 is 4.74 Å². The SMILES string of the molecule is CC(C)CCOc1ccc(CNC(C)C2CCCC2)cc1. The van der Waals surface area contributed by atoms with Gasteiger partial charge in [0.1, 0.15) is 5.75 Å². The molecule has 0 heterocycles. The molecule has 118 valence electrons. The van der Waals surface area contributed by atoms with E-state index < -0.39 is 0 Å². The lowest BCUT2D eigenvalue weighted by atomic mass is 9.99. The standard InChI is InChI=1S/C19H31NO/c1-15(2)12-13-21-19-10-8-17(9-11-19)14-20-16(3)18-6-4-5-7-18/h8-11,15-16,18,20H,4-7,12-14H2,1-3H3. The van der Waals surface area contributed by atoms with Crippen molar-refractivity contribution in [2.45, 2.75) is 65.5 Å². The molecular weight excluding hydrogens is 258 g/mol. The van der Waals surface area contributed by atoms with Gasteiger partial charge in [-0.25, -0.2) is 0 Å². The van der Waals surface area contributed by atoms with Crippen LogP contribution in [0.5, 0.6) is 5.75 Å². The van der Waals surface area contributed by atoms with Gasteiger partial charge in [-0.2, -0.15) is 0 Å². The highest BCUT2D eigenvalue weighted by Gasteiger charge is 2.20. The Hall–Kier alpha value is -1.02. The van der Waals surface area contributed by atoms with Gasteiger partial charge in [-0.15, -0.1) is 0 Å². The third-order valence-electron chi connectivity index (χ3n) is 4.62. The van der Waals surface area contributed by atoms with Gasteiger partial charge in [0.05, 0.1) is 6.61 Å². The van der Waals surface area contributed by atoms with Crippen LogP contribution < -0.4 is 10.1 Å². The van der Waals surface area contributed by atoms with Crippen LogP contribution in [0.3, 0.4) is 0 Å². The van der Waals surface area contributed by atoms with Crippen molar-refractivity contribution in [1.29, 1.82) is 0 Å². The summed E-state index contributed by atoms with van der Waals surface area (Å²) in [5.41, 5.74) is 1.34. The lowest BCUT2D eigenvalue weighted by Gasteiger charge is -2.20. The zero-order chi connectivity index (χ0) is 15.1. The van der Waals surface area contributed by atoms with Gasteiger partial charge in [0, 0.05) is 12.6 Å². The molecule has 1 atom stereocenters. The fraction of sp³-hybridized carbons (Fsp3) is 0.684. The average Bonchev–Trinajstić information content (AvgIpc) is 3.00. The number of rotatable bonds is 8. The third kappa shape index (κ3) is 5.70. The van der Waals surface area contributed by atoms with E-state index in [1.54, 1.807) is 0 Å². The first-order valence-corrected chi connectivity index (χ1v) is 8.60. The summed E-state index contributed by atoms with van der Waals surface area (Å²) in [7, 11) is 0.